The number of nitrogens with one attached hydrogen (secondary N) is 1. The van der Waals surface area contributed by atoms with E-state index in [1.165, 1.54) is 29.4 Å². The SMILES string of the molecule is Cc1cn(-c2cn3c(cc2=O)C[C@@H](C)N(Cc2c[nH]c4cc(C(F)(F)F)c(F)cc24)C3=O)cn1. The molecular formula is C23H19F4N5O2. The highest BCUT2D eigenvalue weighted by molar-refractivity contribution is 5.85. The van der Waals surface area contributed by atoms with Crippen LogP contribution in [0.3, 0.4) is 0 Å². The molecule has 0 aliphatic carbocycles. The smallest absolute Gasteiger partial charge is 0.361 e. The number of pyridine rings is 1. The molecule has 3 aromatic heterocycles. The molecule has 176 valence electrons. The molecule has 0 bridgehead atoms. The second kappa shape index (κ2) is 7.57. The minimum atomic E-state index is -4.81. The number of benzene rings is 1. The Bertz CT molecular complexity index is 1500. The van der Waals surface area contributed by atoms with Crippen LogP contribution in [-0.4, -0.2) is 36.1 Å². The number of rotatable bonds is 3. The lowest BCUT2D eigenvalue weighted by Gasteiger charge is -2.35. The van der Waals surface area contributed by atoms with Crippen LogP contribution in [0.5, 0.6) is 0 Å². The highest BCUT2D eigenvalue weighted by Crippen LogP contribution is 2.35. The number of nitrogens with zero attached hydrogens (tertiary/aromatic N) is 4. The number of carbonyl (C=O) groups excluding carboxylic acids is 1. The number of hydrogen-bond acceptors (Lipinski definition) is 3. The molecule has 4 aromatic rings. The molecule has 0 fully saturated rings. The summed E-state index contributed by atoms with van der Waals surface area (Å²) in [6.45, 7) is 3.65. The van der Waals surface area contributed by atoms with Gasteiger partial charge in [-0.25, -0.2) is 14.2 Å². The minimum absolute atomic E-state index is 0.0515. The van der Waals surface area contributed by atoms with Crippen LogP contribution in [-0.2, 0) is 19.1 Å². The monoisotopic (exact) mass is 473 g/mol. The van der Waals surface area contributed by atoms with Crippen LogP contribution >= 0.6 is 0 Å². The number of fused-ring (bicyclic) bond motifs is 2. The molecule has 11 heteroatoms. The van der Waals surface area contributed by atoms with Crippen molar-refractivity contribution < 1.29 is 22.4 Å². The van der Waals surface area contributed by atoms with Gasteiger partial charge >= 0.3 is 12.2 Å². The number of halogens is 4. The van der Waals surface area contributed by atoms with E-state index in [4.69, 9.17) is 0 Å². The van der Waals surface area contributed by atoms with Gasteiger partial charge in [0.1, 0.15) is 11.5 Å². The van der Waals surface area contributed by atoms with Crippen LogP contribution in [0.25, 0.3) is 16.6 Å². The highest BCUT2D eigenvalue weighted by atomic mass is 19.4. The largest absolute Gasteiger partial charge is 0.419 e. The lowest BCUT2D eigenvalue weighted by molar-refractivity contribution is -0.139. The molecule has 5 rings (SSSR count). The molecule has 1 amide bonds. The van der Waals surface area contributed by atoms with Crippen LogP contribution in [0.1, 0.15) is 29.4 Å². The van der Waals surface area contributed by atoms with Crippen LogP contribution in [0.15, 0.2) is 47.9 Å². The van der Waals surface area contributed by atoms with Gasteiger partial charge in [-0.3, -0.25) is 9.36 Å². The topological polar surface area (TPSA) is 75.9 Å². The summed E-state index contributed by atoms with van der Waals surface area (Å²) in [5, 5.41) is 0.269. The summed E-state index contributed by atoms with van der Waals surface area (Å²) in [7, 11) is 0. The van der Waals surface area contributed by atoms with Crippen molar-refractivity contribution in [2.45, 2.75) is 39.0 Å². The van der Waals surface area contributed by atoms with Crippen molar-refractivity contribution in [2.24, 2.45) is 0 Å². The molecule has 1 atom stereocenters. The van der Waals surface area contributed by atoms with Gasteiger partial charge in [-0.2, -0.15) is 13.2 Å². The number of amides is 1. The molecule has 1 N–H and O–H groups in total. The van der Waals surface area contributed by atoms with Gasteiger partial charge in [-0.05, 0) is 31.5 Å². The molecule has 1 aliphatic heterocycles. The Morgan fingerprint density at radius 3 is 2.62 bits per heavy atom. The van der Waals surface area contributed by atoms with E-state index < -0.39 is 23.6 Å². The zero-order chi connectivity index (χ0) is 24.4. The third-order valence-corrected chi connectivity index (χ3v) is 6.09. The minimum Gasteiger partial charge on any atom is -0.361 e. The zero-order valence-electron chi connectivity index (χ0n) is 18.2. The average Bonchev–Trinajstić information content (AvgIpc) is 3.35. The van der Waals surface area contributed by atoms with Crippen molar-refractivity contribution in [3.05, 3.63) is 81.7 Å². The molecule has 0 spiro atoms. The summed E-state index contributed by atoms with van der Waals surface area (Å²) in [5.41, 5.74) is 0.546. The first kappa shape index (κ1) is 21.9. The summed E-state index contributed by atoms with van der Waals surface area (Å²) in [5.74, 6) is -1.37. The normalized spacial score (nSPS) is 16.4. The van der Waals surface area contributed by atoms with Crippen LogP contribution < -0.4 is 5.43 Å². The maximum absolute atomic E-state index is 14.2. The second-order valence-corrected chi connectivity index (χ2v) is 8.46. The van der Waals surface area contributed by atoms with Crippen LogP contribution in [0.2, 0.25) is 0 Å². The molecule has 34 heavy (non-hydrogen) atoms. The summed E-state index contributed by atoms with van der Waals surface area (Å²) in [4.78, 5) is 34.4. The predicted molar refractivity (Wildman–Crippen MR) is 115 cm³/mol. The van der Waals surface area contributed by atoms with Gasteiger partial charge in [0.15, 0.2) is 0 Å². The Balaban J connectivity index is 1.51. The third kappa shape index (κ3) is 3.57. The summed E-state index contributed by atoms with van der Waals surface area (Å²) in [6.07, 6.45) is 1.69. The standard InChI is InChI=1S/C23H19F4N5O2/c1-12-8-30(11-29-12)20-10-32-15(4-21(20)33)3-13(2)31(22(32)34)9-14-7-28-19-6-17(23(25,26)27)18(24)5-16(14)19/h4-8,10-11,13,28H,3,9H2,1-2H3/t13-/m1/s1. The number of hydrogen-bond donors (Lipinski definition) is 1. The average molecular weight is 473 g/mol. The first-order chi connectivity index (χ1) is 16.0. The lowest BCUT2D eigenvalue weighted by Crippen LogP contribution is -2.47. The fraction of sp³-hybridized carbons (Fsp3) is 0.261. The van der Waals surface area contributed by atoms with Crippen molar-refractivity contribution in [2.75, 3.05) is 0 Å². The Hall–Kier alpha value is -3.89. The fourth-order valence-corrected chi connectivity index (χ4v) is 4.34. The van der Waals surface area contributed by atoms with E-state index in [0.29, 0.717) is 23.4 Å². The molecule has 7 nitrogen and oxygen atoms in total. The molecule has 1 aromatic carbocycles. The molecule has 0 radical (unpaired) electrons. The molecule has 4 heterocycles. The molecule has 1 aliphatic rings. The van der Waals surface area contributed by atoms with Gasteiger partial charge in [-0.1, -0.05) is 0 Å². The van der Waals surface area contributed by atoms with E-state index in [-0.39, 0.29) is 34.6 Å². The maximum Gasteiger partial charge on any atom is 0.419 e. The number of imidazole rings is 1. The fourth-order valence-electron chi connectivity index (χ4n) is 4.34. The molecule has 0 saturated carbocycles. The Morgan fingerprint density at radius 1 is 1.18 bits per heavy atom. The summed E-state index contributed by atoms with van der Waals surface area (Å²) in [6, 6.07) is 2.31. The van der Waals surface area contributed by atoms with Crippen molar-refractivity contribution >= 4 is 16.9 Å². The van der Waals surface area contributed by atoms with Crippen molar-refractivity contribution in [1.29, 1.82) is 0 Å². The number of aryl methyl sites for hydroxylation is 1. The van der Waals surface area contributed by atoms with E-state index >= 15 is 0 Å². The van der Waals surface area contributed by atoms with Gasteiger partial charge < -0.3 is 14.5 Å². The van der Waals surface area contributed by atoms with E-state index in [1.54, 1.807) is 22.6 Å². The van der Waals surface area contributed by atoms with Crippen molar-refractivity contribution in [1.82, 2.24) is 24.0 Å². The number of aromatic amines is 1. The van der Waals surface area contributed by atoms with Gasteiger partial charge in [0.2, 0.25) is 5.43 Å². The quantitative estimate of drug-likeness (QED) is 0.449. The summed E-state index contributed by atoms with van der Waals surface area (Å²) >= 11 is 0. The van der Waals surface area contributed by atoms with Gasteiger partial charge in [-0.15, -0.1) is 0 Å². The maximum atomic E-state index is 14.2. The number of carbonyl (C=O) groups is 1. The van der Waals surface area contributed by atoms with Gasteiger partial charge in [0.25, 0.3) is 0 Å². The van der Waals surface area contributed by atoms with Crippen molar-refractivity contribution in [3.8, 4) is 5.69 Å². The number of H-pyrrole nitrogens is 1. The predicted octanol–water partition coefficient (Wildman–Crippen LogP) is 4.40. The van der Waals surface area contributed by atoms with E-state index in [2.05, 4.69) is 9.97 Å². The zero-order valence-corrected chi connectivity index (χ0v) is 18.2. The first-order valence-electron chi connectivity index (χ1n) is 10.5. The Labute approximate surface area is 190 Å². The van der Waals surface area contributed by atoms with E-state index in [1.807, 2.05) is 6.92 Å². The second-order valence-electron chi connectivity index (χ2n) is 8.46. The van der Waals surface area contributed by atoms with Gasteiger partial charge in [0, 0.05) is 60.3 Å². The number of aromatic nitrogens is 4. The lowest BCUT2D eigenvalue weighted by atomic mass is 10.0. The number of alkyl halides is 3. The van der Waals surface area contributed by atoms with Crippen LogP contribution in [0.4, 0.5) is 22.4 Å². The van der Waals surface area contributed by atoms with Gasteiger partial charge in [0.05, 0.1) is 17.6 Å². The van der Waals surface area contributed by atoms with E-state index in [0.717, 1.165) is 12.1 Å². The molecule has 0 unspecified atom stereocenters. The summed E-state index contributed by atoms with van der Waals surface area (Å²) < 4.78 is 56.3. The third-order valence-electron chi connectivity index (χ3n) is 6.09. The van der Waals surface area contributed by atoms with Crippen LogP contribution in [0, 0.1) is 12.7 Å². The Kier molecular flexibility index (Phi) is 4.88. The molecule has 0 saturated heterocycles. The van der Waals surface area contributed by atoms with E-state index in [9.17, 15) is 27.2 Å². The first-order valence-corrected chi connectivity index (χ1v) is 10.5. The highest BCUT2D eigenvalue weighted by Gasteiger charge is 2.35. The Morgan fingerprint density at radius 2 is 1.94 bits per heavy atom. The van der Waals surface area contributed by atoms with Crippen molar-refractivity contribution in [3.63, 3.8) is 0 Å². The molecular weight excluding hydrogens is 454 g/mol.